The van der Waals surface area contributed by atoms with Gasteiger partial charge in [-0.1, -0.05) is 12.1 Å². The van der Waals surface area contributed by atoms with Crippen LogP contribution < -0.4 is 4.72 Å². The van der Waals surface area contributed by atoms with Gasteiger partial charge in [0.2, 0.25) is 10.0 Å². The first kappa shape index (κ1) is 14.2. The minimum Gasteiger partial charge on any atom is -0.212 e. The van der Waals surface area contributed by atoms with Gasteiger partial charge in [-0.25, -0.2) is 13.1 Å². The summed E-state index contributed by atoms with van der Waals surface area (Å²) < 4.78 is 25.5. The Bertz CT molecular complexity index is 565. The predicted molar refractivity (Wildman–Crippen MR) is 66.6 cm³/mol. The summed E-state index contributed by atoms with van der Waals surface area (Å²) >= 11 is 0. The van der Waals surface area contributed by atoms with Crippen LogP contribution in [0.3, 0.4) is 0 Å². The minimum absolute atomic E-state index is 0.0448. The van der Waals surface area contributed by atoms with Gasteiger partial charge < -0.3 is 0 Å². The van der Waals surface area contributed by atoms with Crippen molar-refractivity contribution < 1.29 is 8.42 Å². The van der Waals surface area contributed by atoms with Crippen LogP contribution in [0.1, 0.15) is 24.0 Å². The monoisotopic (exact) mass is 263 g/mol. The smallest absolute Gasteiger partial charge is 0.211 e. The predicted octanol–water partition coefficient (Wildman–Crippen LogP) is 1.28. The summed E-state index contributed by atoms with van der Waals surface area (Å²) in [4.78, 5) is 0. The Balaban J connectivity index is 2.49. The molecule has 0 aliphatic carbocycles. The van der Waals surface area contributed by atoms with Crippen LogP contribution in [-0.2, 0) is 16.6 Å². The number of nitriles is 2. The lowest BCUT2D eigenvalue weighted by molar-refractivity contribution is 0.579. The maximum atomic E-state index is 11.5. The van der Waals surface area contributed by atoms with Crippen molar-refractivity contribution in [1.29, 1.82) is 10.5 Å². The molecule has 0 fully saturated rings. The molecule has 0 unspecified atom stereocenters. The molecule has 0 heterocycles. The SMILES string of the molecule is N#CCCCS(=O)(=O)NCc1ccc(C#N)cc1. The van der Waals surface area contributed by atoms with E-state index >= 15 is 0 Å². The number of unbranched alkanes of at least 4 members (excludes halogenated alkanes) is 1. The van der Waals surface area contributed by atoms with E-state index in [0.29, 0.717) is 12.0 Å². The van der Waals surface area contributed by atoms with Gasteiger partial charge in [0.05, 0.1) is 23.5 Å². The highest BCUT2D eigenvalue weighted by atomic mass is 32.2. The number of benzene rings is 1. The summed E-state index contributed by atoms with van der Waals surface area (Å²) in [7, 11) is -3.33. The van der Waals surface area contributed by atoms with Crippen LogP contribution in [0.4, 0.5) is 0 Å². The number of hydrogen-bond donors (Lipinski definition) is 1. The Morgan fingerprint density at radius 1 is 1.17 bits per heavy atom. The van der Waals surface area contributed by atoms with Gasteiger partial charge in [-0.2, -0.15) is 10.5 Å². The van der Waals surface area contributed by atoms with Gasteiger partial charge in [0.15, 0.2) is 0 Å². The third-order valence-corrected chi connectivity index (χ3v) is 3.69. The average Bonchev–Trinajstić information content (AvgIpc) is 2.37. The molecule has 6 heteroatoms. The largest absolute Gasteiger partial charge is 0.212 e. The maximum absolute atomic E-state index is 11.5. The van der Waals surface area contributed by atoms with E-state index in [9.17, 15) is 8.42 Å². The fourth-order valence-corrected chi connectivity index (χ4v) is 2.36. The van der Waals surface area contributed by atoms with E-state index in [1.165, 1.54) is 0 Å². The molecule has 0 saturated heterocycles. The molecule has 0 atom stereocenters. The third-order valence-electron chi connectivity index (χ3n) is 2.28. The van der Waals surface area contributed by atoms with Crippen LogP contribution >= 0.6 is 0 Å². The molecule has 0 saturated carbocycles. The Morgan fingerprint density at radius 3 is 2.39 bits per heavy atom. The fourth-order valence-electron chi connectivity index (χ4n) is 1.30. The van der Waals surface area contributed by atoms with Crippen LogP contribution in [0, 0.1) is 22.7 Å². The van der Waals surface area contributed by atoms with Gasteiger partial charge in [0.25, 0.3) is 0 Å². The number of nitrogens with zero attached hydrogens (tertiary/aromatic N) is 2. The van der Waals surface area contributed by atoms with Crippen LogP contribution in [0.25, 0.3) is 0 Å². The summed E-state index contributed by atoms with van der Waals surface area (Å²) in [5.74, 6) is -0.0448. The van der Waals surface area contributed by atoms with E-state index in [0.717, 1.165) is 5.56 Å². The molecular formula is C12H13N3O2S. The lowest BCUT2D eigenvalue weighted by Gasteiger charge is -2.05. The number of sulfonamides is 1. The molecule has 0 bridgehead atoms. The van der Waals surface area contributed by atoms with Gasteiger partial charge in [-0.15, -0.1) is 0 Å². The molecular weight excluding hydrogens is 250 g/mol. The van der Waals surface area contributed by atoms with Crippen molar-refractivity contribution in [2.75, 3.05) is 5.75 Å². The van der Waals surface area contributed by atoms with Gasteiger partial charge >= 0.3 is 0 Å². The Kier molecular flexibility index (Phi) is 5.31. The maximum Gasteiger partial charge on any atom is 0.211 e. The highest BCUT2D eigenvalue weighted by Crippen LogP contribution is 2.04. The van der Waals surface area contributed by atoms with Crippen molar-refractivity contribution >= 4 is 10.0 Å². The molecule has 94 valence electrons. The zero-order chi connectivity index (χ0) is 13.4. The number of rotatable bonds is 6. The van der Waals surface area contributed by atoms with E-state index in [1.54, 1.807) is 24.3 Å². The molecule has 18 heavy (non-hydrogen) atoms. The molecule has 0 aliphatic heterocycles. The zero-order valence-corrected chi connectivity index (χ0v) is 10.6. The van der Waals surface area contributed by atoms with Crippen LogP contribution in [0.15, 0.2) is 24.3 Å². The van der Waals surface area contributed by atoms with E-state index in [2.05, 4.69) is 4.72 Å². The summed E-state index contributed by atoms with van der Waals surface area (Å²) in [5, 5.41) is 16.9. The summed E-state index contributed by atoms with van der Waals surface area (Å²) in [6.07, 6.45) is 0.566. The van der Waals surface area contributed by atoms with Crippen molar-refractivity contribution in [2.45, 2.75) is 19.4 Å². The van der Waals surface area contributed by atoms with Crippen LogP contribution in [0.5, 0.6) is 0 Å². The second-order valence-electron chi connectivity index (χ2n) is 3.71. The highest BCUT2D eigenvalue weighted by molar-refractivity contribution is 7.89. The van der Waals surface area contributed by atoms with Crippen molar-refractivity contribution in [3.8, 4) is 12.1 Å². The molecule has 0 spiro atoms. The molecule has 1 aromatic rings. The normalized spacial score (nSPS) is 10.6. The lowest BCUT2D eigenvalue weighted by Crippen LogP contribution is -2.25. The molecule has 0 amide bonds. The number of hydrogen-bond acceptors (Lipinski definition) is 4. The zero-order valence-electron chi connectivity index (χ0n) is 9.76. The van der Waals surface area contributed by atoms with E-state index in [4.69, 9.17) is 10.5 Å². The van der Waals surface area contributed by atoms with Gasteiger partial charge in [0, 0.05) is 13.0 Å². The standard InChI is InChI=1S/C12H13N3O2S/c13-7-1-2-8-18(16,17)15-10-12-5-3-11(9-14)4-6-12/h3-6,15H,1-2,8,10H2. The Labute approximate surface area is 107 Å². The van der Waals surface area contributed by atoms with E-state index < -0.39 is 10.0 Å². The molecule has 0 aromatic heterocycles. The molecule has 1 rings (SSSR count). The van der Waals surface area contributed by atoms with Crippen molar-refractivity contribution in [1.82, 2.24) is 4.72 Å². The Hall–Kier alpha value is -1.89. The molecule has 0 radical (unpaired) electrons. The average molecular weight is 263 g/mol. The second kappa shape index (κ2) is 6.75. The minimum atomic E-state index is -3.33. The Morgan fingerprint density at radius 2 is 1.83 bits per heavy atom. The molecule has 5 nitrogen and oxygen atoms in total. The summed E-state index contributed by atoms with van der Waals surface area (Å²) in [6, 6.07) is 10.6. The molecule has 1 N–H and O–H groups in total. The topological polar surface area (TPSA) is 93.8 Å². The first-order chi connectivity index (χ1) is 8.57. The fraction of sp³-hybridized carbons (Fsp3) is 0.333. The van der Waals surface area contributed by atoms with Crippen molar-refractivity contribution in [2.24, 2.45) is 0 Å². The molecule has 1 aromatic carbocycles. The van der Waals surface area contributed by atoms with Gasteiger partial charge in [-0.05, 0) is 24.1 Å². The quantitative estimate of drug-likeness (QED) is 0.782. The summed E-state index contributed by atoms with van der Waals surface area (Å²) in [5.41, 5.74) is 1.33. The van der Waals surface area contributed by atoms with Crippen LogP contribution in [0.2, 0.25) is 0 Å². The van der Waals surface area contributed by atoms with Crippen molar-refractivity contribution in [3.05, 3.63) is 35.4 Å². The highest BCUT2D eigenvalue weighted by Gasteiger charge is 2.09. The lowest BCUT2D eigenvalue weighted by atomic mass is 10.1. The van der Waals surface area contributed by atoms with E-state index in [1.807, 2.05) is 12.1 Å². The van der Waals surface area contributed by atoms with Crippen molar-refractivity contribution in [3.63, 3.8) is 0 Å². The van der Waals surface area contributed by atoms with Crippen LogP contribution in [-0.4, -0.2) is 14.2 Å². The molecule has 0 aliphatic rings. The second-order valence-corrected chi connectivity index (χ2v) is 5.64. The summed E-state index contributed by atoms with van der Waals surface area (Å²) in [6.45, 7) is 0.195. The number of nitrogens with one attached hydrogen (secondary N) is 1. The third kappa shape index (κ3) is 4.96. The van der Waals surface area contributed by atoms with E-state index in [-0.39, 0.29) is 18.7 Å². The van der Waals surface area contributed by atoms with Gasteiger partial charge in [0.1, 0.15) is 0 Å². The first-order valence-electron chi connectivity index (χ1n) is 5.41. The van der Waals surface area contributed by atoms with Gasteiger partial charge in [-0.3, -0.25) is 0 Å². The first-order valence-corrected chi connectivity index (χ1v) is 7.06.